The number of nitrogens with zero attached hydrogens (tertiary/aromatic N) is 1. The van der Waals surface area contributed by atoms with Crippen molar-refractivity contribution in [1.29, 1.82) is 0 Å². The molecule has 0 spiro atoms. The van der Waals surface area contributed by atoms with Crippen molar-refractivity contribution in [2.45, 2.75) is 18.0 Å². The second-order valence-electron chi connectivity index (χ2n) is 6.17. The fraction of sp³-hybridized carbons (Fsp3) is 0.143. The van der Waals surface area contributed by atoms with Crippen LogP contribution in [0.2, 0.25) is 0 Å². The lowest BCUT2D eigenvalue weighted by atomic mass is 10.2. The Labute approximate surface area is 177 Å². The van der Waals surface area contributed by atoms with E-state index >= 15 is 0 Å². The summed E-state index contributed by atoms with van der Waals surface area (Å²) in [6, 6.07) is 11.2. The van der Waals surface area contributed by atoms with Crippen molar-refractivity contribution in [3.8, 4) is 11.8 Å². The molecule has 0 aromatic heterocycles. The van der Waals surface area contributed by atoms with Crippen LogP contribution >= 0.6 is 0 Å². The molecule has 31 heavy (non-hydrogen) atoms. The van der Waals surface area contributed by atoms with Crippen molar-refractivity contribution in [2.75, 3.05) is 11.9 Å². The van der Waals surface area contributed by atoms with E-state index in [1.165, 1.54) is 36.4 Å². The third kappa shape index (κ3) is 5.96. The van der Waals surface area contributed by atoms with Gasteiger partial charge in [0.15, 0.2) is 0 Å². The first-order valence-corrected chi connectivity index (χ1v) is 10.1. The van der Waals surface area contributed by atoms with E-state index in [1.54, 1.807) is 24.4 Å². The normalized spacial score (nSPS) is 11.1. The number of hydrogen-bond acceptors (Lipinski definition) is 4. The number of aryl methyl sites for hydroxylation is 1. The molecule has 2 amide bonds. The number of sulfonamides is 1. The third-order valence-corrected chi connectivity index (χ3v) is 5.67. The molecule has 2 aromatic rings. The molecule has 0 radical (unpaired) electrons. The van der Waals surface area contributed by atoms with Crippen LogP contribution in [0.15, 0.2) is 66.1 Å². The number of rotatable bonds is 5. The first kappa shape index (κ1) is 23.7. The van der Waals surface area contributed by atoms with Gasteiger partial charge in [0, 0.05) is 5.56 Å². The van der Waals surface area contributed by atoms with Crippen LogP contribution in [0, 0.1) is 18.8 Å². The van der Waals surface area contributed by atoms with Gasteiger partial charge in [0.05, 0.1) is 17.1 Å². The van der Waals surface area contributed by atoms with E-state index in [9.17, 15) is 31.2 Å². The number of alkyl halides is 3. The molecular formula is C21H17F3N2O4S. The smallest absolute Gasteiger partial charge is 0.317 e. The van der Waals surface area contributed by atoms with Crippen molar-refractivity contribution in [2.24, 2.45) is 0 Å². The number of benzene rings is 2. The van der Waals surface area contributed by atoms with Gasteiger partial charge in [-0.05, 0) is 37.3 Å². The average Bonchev–Trinajstić information content (AvgIpc) is 2.71. The molecule has 0 atom stereocenters. The summed E-state index contributed by atoms with van der Waals surface area (Å²) in [6.07, 6.45) is -4.28. The Balaban J connectivity index is 2.33. The Morgan fingerprint density at radius 3 is 2.32 bits per heavy atom. The van der Waals surface area contributed by atoms with Crippen molar-refractivity contribution >= 4 is 27.5 Å². The van der Waals surface area contributed by atoms with Crippen LogP contribution in [-0.4, -0.2) is 37.3 Å². The number of para-hydroxylation sites is 1. The van der Waals surface area contributed by atoms with Crippen LogP contribution in [-0.2, 0) is 19.6 Å². The molecule has 6 nitrogen and oxygen atoms in total. The fourth-order valence-corrected chi connectivity index (χ4v) is 3.60. The van der Waals surface area contributed by atoms with Crippen molar-refractivity contribution in [1.82, 2.24) is 4.31 Å². The van der Waals surface area contributed by atoms with E-state index < -0.39 is 34.6 Å². The largest absolute Gasteiger partial charge is 0.471 e. The highest BCUT2D eigenvalue weighted by molar-refractivity contribution is 7.89. The molecule has 0 aliphatic rings. The molecule has 0 unspecified atom stereocenters. The molecule has 0 bridgehead atoms. The van der Waals surface area contributed by atoms with Gasteiger partial charge in [-0.2, -0.15) is 13.2 Å². The van der Waals surface area contributed by atoms with Gasteiger partial charge in [-0.1, -0.05) is 48.2 Å². The van der Waals surface area contributed by atoms with Gasteiger partial charge in [-0.15, -0.1) is 0 Å². The number of hydrogen-bond donors (Lipinski definition) is 1. The molecule has 0 aliphatic carbocycles. The molecule has 0 heterocycles. The lowest BCUT2D eigenvalue weighted by molar-refractivity contribution is -0.167. The van der Waals surface area contributed by atoms with E-state index in [4.69, 9.17) is 0 Å². The van der Waals surface area contributed by atoms with Crippen LogP contribution in [0.25, 0.3) is 0 Å². The maximum absolute atomic E-state index is 12.8. The summed E-state index contributed by atoms with van der Waals surface area (Å²) in [5.74, 6) is 1.84. The topological polar surface area (TPSA) is 83.6 Å². The van der Waals surface area contributed by atoms with Crippen LogP contribution in [0.1, 0.15) is 11.1 Å². The molecule has 1 N–H and O–H groups in total. The Morgan fingerprint density at radius 2 is 1.74 bits per heavy atom. The van der Waals surface area contributed by atoms with Gasteiger partial charge in [-0.3, -0.25) is 9.59 Å². The molecule has 0 fully saturated rings. The first-order chi connectivity index (χ1) is 14.5. The van der Waals surface area contributed by atoms with Gasteiger partial charge in [0.1, 0.15) is 0 Å². The van der Waals surface area contributed by atoms with Gasteiger partial charge in [0.2, 0.25) is 0 Å². The molecule has 0 saturated heterocycles. The van der Waals surface area contributed by atoms with Crippen molar-refractivity contribution in [3.05, 3.63) is 72.3 Å². The van der Waals surface area contributed by atoms with Gasteiger partial charge >= 0.3 is 12.1 Å². The summed E-state index contributed by atoms with van der Waals surface area (Å²) in [4.78, 5) is 23.2. The lowest BCUT2D eigenvalue weighted by Crippen LogP contribution is -2.36. The first-order valence-electron chi connectivity index (χ1n) is 8.68. The highest BCUT2D eigenvalue weighted by Crippen LogP contribution is 2.21. The van der Waals surface area contributed by atoms with Crippen LogP contribution in [0.4, 0.5) is 18.9 Å². The highest BCUT2D eigenvalue weighted by Gasteiger charge is 2.38. The zero-order valence-electron chi connectivity index (χ0n) is 16.2. The van der Waals surface area contributed by atoms with E-state index in [2.05, 4.69) is 18.4 Å². The summed E-state index contributed by atoms with van der Waals surface area (Å²) in [6.45, 7) is 4.47. The van der Waals surface area contributed by atoms with E-state index in [1.807, 2.05) is 0 Å². The van der Waals surface area contributed by atoms with Crippen LogP contribution in [0.5, 0.6) is 0 Å². The van der Waals surface area contributed by atoms with Crippen LogP contribution < -0.4 is 5.32 Å². The Morgan fingerprint density at radius 1 is 1.13 bits per heavy atom. The molecule has 0 aliphatic heterocycles. The predicted molar refractivity (Wildman–Crippen MR) is 108 cm³/mol. The molecule has 10 heteroatoms. The summed E-state index contributed by atoms with van der Waals surface area (Å²) < 4.78 is 63.6. The maximum atomic E-state index is 12.8. The highest BCUT2D eigenvalue weighted by atomic mass is 32.2. The quantitative estimate of drug-likeness (QED) is 0.560. The molecular weight excluding hydrogens is 433 g/mol. The minimum Gasteiger partial charge on any atom is -0.317 e. The second kappa shape index (κ2) is 9.49. The SMILES string of the molecule is C=CC(=O)N(CC#Cc1ccccc1NC(=O)C(F)(F)F)S(=O)(=O)c1ccc(C)cc1. The van der Waals surface area contributed by atoms with Crippen molar-refractivity contribution < 1.29 is 31.2 Å². The van der Waals surface area contributed by atoms with Gasteiger partial charge in [-0.25, -0.2) is 12.7 Å². The Hall–Kier alpha value is -3.58. The maximum Gasteiger partial charge on any atom is 0.471 e. The number of anilines is 1. The molecule has 0 saturated carbocycles. The van der Waals surface area contributed by atoms with Gasteiger partial charge in [0.25, 0.3) is 15.9 Å². The molecule has 2 rings (SSSR count). The summed E-state index contributed by atoms with van der Waals surface area (Å²) >= 11 is 0. The fourth-order valence-electron chi connectivity index (χ4n) is 2.32. The minimum atomic E-state index is -5.09. The third-order valence-electron chi connectivity index (χ3n) is 3.91. The van der Waals surface area contributed by atoms with Gasteiger partial charge < -0.3 is 5.32 Å². The average molecular weight is 450 g/mol. The Kier molecular flexibility index (Phi) is 7.25. The summed E-state index contributed by atoms with van der Waals surface area (Å²) in [7, 11) is -4.24. The Bertz CT molecular complexity index is 1160. The van der Waals surface area contributed by atoms with Crippen molar-refractivity contribution in [3.63, 3.8) is 0 Å². The second-order valence-corrected chi connectivity index (χ2v) is 8.03. The number of nitrogens with one attached hydrogen (secondary N) is 1. The number of carbonyl (C=O) groups is 2. The standard InChI is InChI=1S/C21H17F3N2O4S/c1-3-19(27)26(31(29,30)17-12-10-15(2)11-13-17)14-6-8-16-7-4-5-9-18(16)25-20(28)21(22,23)24/h3-5,7,9-13H,1,14H2,2H3,(H,25,28). The molecule has 2 aromatic carbocycles. The lowest BCUT2D eigenvalue weighted by Gasteiger charge is -2.18. The zero-order valence-corrected chi connectivity index (χ0v) is 17.0. The minimum absolute atomic E-state index is 0.0128. The number of halogens is 3. The van der Waals surface area contributed by atoms with Crippen LogP contribution in [0.3, 0.4) is 0 Å². The number of amides is 2. The molecule has 162 valence electrons. The number of carbonyl (C=O) groups excluding carboxylic acids is 2. The summed E-state index contributed by atoms with van der Waals surface area (Å²) in [5.41, 5.74) is 0.622. The van der Waals surface area contributed by atoms with E-state index in [0.717, 1.165) is 11.6 Å². The summed E-state index contributed by atoms with van der Waals surface area (Å²) in [5, 5.41) is 1.70. The zero-order chi connectivity index (χ0) is 23.2. The van der Waals surface area contributed by atoms with E-state index in [0.29, 0.717) is 4.31 Å². The van der Waals surface area contributed by atoms with E-state index in [-0.39, 0.29) is 16.1 Å². The predicted octanol–water partition coefficient (Wildman–Crippen LogP) is 3.25. The monoisotopic (exact) mass is 450 g/mol.